The molecule has 1 aromatic rings. The van der Waals surface area contributed by atoms with Gasteiger partial charge in [-0.05, 0) is 44.5 Å². The van der Waals surface area contributed by atoms with Crippen LogP contribution in [-0.4, -0.2) is 50.5 Å². The average Bonchev–Trinajstić information content (AvgIpc) is 2.46. The Morgan fingerprint density at radius 3 is 2.48 bits per heavy atom. The molecule has 1 amide bonds. The van der Waals surface area contributed by atoms with E-state index in [1.54, 1.807) is 7.11 Å². The van der Waals surface area contributed by atoms with Gasteiger partial charge >= 0.3 is 0 Å². The molecular weight excluding hydrogens is 268 g/mol. The first-order valence-electron chi connectivity index (χ1n) is 7.19. The second-order valence-corrected chi connectivity index (χ2v) is 5.48. The minimum atomic E-state index is -0.570. The van der Waals surface area contributed by atoms with Crippen molar-refractivity contribution < 1.29 is 14.6 Å². The molecule has 1 rings (SSSR count). The van der Waals surface area contributed by atoms with E-state index >= 15 is 0 Å². The molecule has 1 atom stereocenters. The lowest BCUT2D eigenvalue weighted by molar-refractivity contribution is 0.0725. The first kappa shape index (κ1) is 17.5. The second kappa shape index (κ2) is 8.00. The number of aliphatic hydroxyl groups is 1. The quantitative estimate of drug-likeness (QED) is 0.765. The van der Waals surface area contributed by atoms with Crippen LogP contribution in [0, 0.1) is 0 Å². The lowest BCUT2D eigenvalue weighted by Crippen LogP contribution is -2.50. The number of amides is 1. The average molecular weight is 294 g/mol. The zero-order valence-corrected chi connectivity index (χ0v) is 13.3. The number of aliphatic hydroxyl groups excluding tert-OH is 1. The van der Waals surface area contributed by atoms with Gasteiger partial charge in [0.2, 0.25) is 0 Å². The molecule has 0 fully saturated rings. The summed E-state index contributed by atoms with van der Waals surface area (Å²) in [5, 5.41) is 12.1. The van der Waals surface area contributed by atoms with Crippen molar-refractivity contribution in [3.63, 3.8) is 0 Å². The van der Waals surface area contributed by atoms with E-state index in [9.17, 15) is 4.79 Å². The molecule has 0 aliphatic rings. The summed E-state index contributed by atoms with van der Waals surface area (Å²) in [5.41, 5.74) is 1.10. The zero-order chi connectivity index (χ0) is 15.9. The molecule has 0 radical (unpaired) electrons. The molecule has 5 heteroatoms. The van der Waals surface area contributed by atoms with Crippen molar-refractivity contribution in [3.8, 4) is 0 Å². The number of nitrogens with one attached hydrogen (secondary N) is 1. The Balaban J connectivity index is 2.78. The number of hydrogen-bond acceptors (Lipinski definition) is 4. The maximum atomic E-state index is 12.3. The number of carbonyl (C=O) groups is 1. The predicted molar refractivity (Wildman–Crippen MR) is 84.8 cm³/mol. The number of methoxy groups -OCH3 is 1. The third kappa shape index (κ3) is 5.02. The van der Waals surface area contributed by atoms with E-state index in [4.69, 9.17) is 9.84 Å². The first-order valence-corrected chi connectivity index (χ1v) is 7.19. The van der Waals surface area contributed by atoms with Gasteiger partial charge in [-0.1, -0.05) is 0 Å². The van der Waals surface area contributed by atoms with Crippen LogP contribution >= 0.6 is 0 Å². The standard InChI is InChI=1S/C16H26N2O3/c1-5-18(3)14-8-6-13(7-9-14)15(20)17-16(2,10-11-19)12-21-4/h6-9,19H,5,10-12H2,1-4H3,(H,17,20). The van der Waals surface area contributed by atoms with Crippen LogP contribution in [0.3, 0.4) is 0 Å². The topological polar surface area (TPSA) is 61.8 Å². The van der Waals surface area contributed by atoms with Gasteiger partial charge in [0, 0.05) is 38.6 Å². The van der Waals surface area contributed by atoms with E-state index < -0.39 is 5.54 Å². The lowest BCUT2D eigenvalue weighted by atomic mass is 9.98. The van der Waals surface area contributed by atoms with E-state index in [1.165, 1.54) is 0 Å². The zero-order valence-electron chi connectivity index (χ0n) is 13.3. The summed E-state index contributed by atoms with van der Waals surface area (Å²) >= 11 is 0. The molecule has 118 valence electrons. The molecular formula is C16H26N2O3. The summed E-state index contributed by atoms with van der Waals surface area (Å²) in [6.07, 6.45) is 0.448. The summed E-state index contributed by atoms with van der Waals surface area (Å²) in [4.78, 5) is 14.4. The maximum absolute atomic E-state index is 12.3. The third-order valence-electron chi connectivity index (χ3n) is 3.59. The third-order valence-corrected chi connectivity index (χ3v) is 3.59. The molecule has 0 aliphatic heterocycles. The fraction of sp³-hybridized carbons (Fsp3) is 0.562. The summed E-state index contributed by atoms with van der Waals surface area (Å²) in [6.45, 7) is 5.21. The molecule has 5 nitrogen and oxygen atoms in total. The molecule has 0 bridgehead atoms. The van der Waals surface area contributed by atoms with Crippen molar-refractivity contribution >= 4 is 11.6 Å². The molecule has 0 saturated carbocycles. The molecule has 1 aromatic carbocycles. The van der Waals surface area contributed by atoms with Gasteiger partial charge in [-0.15, -0.1) is 0 Å². The Morgan fingerprint density at radius 1 is 1.38 bits per heavy atom. The summed E-state index contributed by atoms with van der Waals surface area (Å²) in [6, 6.07) is 7.47. The Kier molecular flexibility index (Phi) is 6.65. The highest BCUT2D eigenvalue weighted by atomic mass is 16.5. The molecule has 0 heterocycles. The Labute approximate surface area is 126 Å². The van der Waals surface area contributed by atoms with Crippen molar-refractivity contribution in [1.82, 2.24) is 5.32 Å². The van der Waals surface area contributed by atoms with Gasteiger partial charge in [0.25, 0.3) is 5.91 Å². The van der Waals surface area contributed by atoms with Gasteiger partial charge in [0.15, 0.2) is 0 Å². The number of anilines is 1. The Bertz CT molecular complexity index is 439. The normalized spacial score (nSPS) is 13.6. The van der Waals surface area contributed by atoms with Crippen molar-refractivity contribution in [2.45, 2.75) is 25.8 Å². The van der Waals surface area contributed by atoms with Gasteiger partial charge in [0.05, 0.1) is 12.1 Å². The van der Waals surface area contributed by atoms with Crippen LogP contribution in [0.1, 0.15) is 30.6 Å². The summed E-state index contributed by atoms with van der Waals surface area (Å²) < 4.78 is 5.13. The van der Waals surface area contributed by atoms with Crippen molar-refractivity contribution in [1.29, 1.82) is 0 Å². The van der Waals surface area contributed by atoms with Crippen molar-refractivity contribution in [2.75, 3.05) is 38.8 Å². The fourth-order valence-corrected chi connectivity index (χ4v) is 2.13. The van der Waals surface area contributed by atoms with E-state index in [0.717, 1.165) is 12.2 Å². The number of hydrogen-bond donors (Lipinski definition) is 2. The van der Waals surface area contributed by atoms with Gasteiger partial charge in [-0.2, -0.15) is 0 Å². The van der Waals surface area contributed by atoms with E-state index in [-0.39, 0.29) is 12.5 Å². The number of carbonyl (C=O) groups excluding carboxylic acids is 1. The van der Waals surface area contributed by atoms with Crippen LogP contribution in [0.4, 0.5) is 5.69 Å². The minimum Gasteiger partial charge on any atom is -0.396 e. The van der Waals surface area contributed by atoms with E-state index in [0.29, 0.717) is 18.6 Å². The summed E-state index contributed by atoms with van der Waals surface area (Å²) in [7, 11) is 3.59. The molecule has 0 aliphatic carbocycles. The number of nitrogens with zero attached hydrogens (tertiary/aromatic N) is 1. The van der Waals surface area contributed by atoms with Gasteiger partial charge in [0.1, 0.15) is 0 Å². The van der Waals surface area contributed by atoms with E-state index in [2.05, 4.69) is 17.1 Å². The molecule has 0 aromatic heterocycles. The maximum Gasteiger partial charge on any atom is 0.251 e. The smallest absolute Gasteiger partial charge is 0.251 e. The van der Waals surface area contributed by atoms with Crippen LogP contribution in [0.25, 0.3) is 0 Å². The Morgan fingerprint density at radius 2 is 2.00 bits per heavy atom. The van der Waals surface area contributed by atoms with Crippen LogP contribution in [-0.2, 0) is 4.74 Å². The number of rotatable bonds is 8. The molecule has 21 heavy (non-hydrogen) atoms. The predicted octanol–water partition coefficient (Wildman–Crippen LogP) is 1.66. The summed E-state index contributed by atoms with van der Waals surface area (Å²) in [5.74, 6) is -0.159. The molecule has 0 spiro atoms. The lowest BCUT2D eigenvalue weighted by Gasteiger charge is -2.29. The van der Waals surface area contributed by atoms with Crippen molar-refractivity contribution in [3.05, 3.63) is 29.8 Å². The minimum absolute atomic E-state index is 0.000370. The first-order chi connectivity index (χ1) is 9.95. The van der Waals surface area contributed by atoms with Crippen LogP contribution in [0.2, 0.25) is 0 Å². The highest BCUT2D eigenvalue weighted by molar-refractivity contribution is 5.95. The highest BCUT2D eigenvalue weighted by Crippen LogP contribution is 2.15. The van der Waals surface area contributed by atoms with Crippen molar-refractivity contribution in [2.24, 2.45) is 0 Å². The fourth-order valence-electron chi connectivity index (χ4n) is 2.13. The van der Waals surface area contributed by atoms with Crippen LogP contribution in [0.15, 0.2) is 24.3 Å². The number of benzene rings is 1. The SMILES string of the molecule is CCN(C)c1ccc(C(=O)NC(C)(CCO)COC)cc1. The Hall–Kier alpha value is -1.59. The highest BCUT2D eigenvalue weighted by Gasteiger charge is 2.26. The van der Waals surface area contributed by atoms with Crippen LogP contribution in [0.5, 0.6) is 0 Å². The second-order valence-electron chi connectivity index (χ2n) is 5.48. The number of ether oxygens (including phenoxy) is 1. The van der Waals surface area contributed by atoms with E-state index in [1.807, 2.05) is 38.2 Å². The largest absolute Gasteiger partial charge is 0.396 e. The molecule has 0 saturated heterocycles. The van der Waals surface area contributed by atoms with Gasteiger partial charge in [-0.25, -0.2) is 0 Å². The molecule has 2 N–H and O–H groups in total. The monoisotopic (exact) mass is 294 g/mol. The molecule has 1 unspecified atom stereocenters. The van der Waals surface area contributed by atoms with Gasteiger partial charge < -0.3 is 20.1 Å². The van der Waals surface area contributed by atoms with Gasteiger partial charge in [-0.3, -0.25) is 4.79 Å². The van der Waals surface area contributed by atoms with Crippen LogP contribution < -0.4 is 10.2 Å².